The molecule has 0 spiro atoms. The van der Waals surface area contributed by atoms with Gasteiger partial charge >= 0.3 is 5.97 Å². The van der Waals surface area contributed by atoms with Crippen LogP contribution in [0.1, 0.15) is 40.2 Å². The van der Waals surface area contributed by atoms with Gasteiger partial charge < -0.3 is 9.64 Å². The van der Waals surface area contributed by atoms with Crippen LogP contribution >= 0.6 is 0 Å². The maximum Gasteiger partial charge on any atom is 0.319 e. The number of esters is 1. The van der Waals surface area contributed by atoms with Gasteiger partial charge in [0.1, 0.15) is 0 Å². The fourth-order valence-corrected chi connectivity index (χ4v) is 4.06. The highest BCUT2D eigenvalue weighted by Crippen LogP contribution is 2.25. The number of nitrogens with zero attached hydrogens (tertiary/aromatic N) is 4. The first-order valence-electron chi connectivity index (χ1n) is 9.86. The van der Waals surface area contributed by atoms with Gasteiger partial charge in [-0.1, -0.05) is 30.3 Å². The summed E-state index contributed by atoms with van der Waals surface area (Å²) in [6.07, 6.45) is 2.86. The summed E-state index contributed by atoms with van der Waals surface area (Å²) >= 11 is 0. The van der Waals surface area contributed by atoms with Gasteiger partial charge in [0.25, 0.3) is 5.91 Å². The van der Waals surface area contributed by atoms with E-state index < -0.39 is 0 Å². The van der Waals surface area contributed by atoms with Crippen molar-refractivity contribution in [2.75, 3.05) is 33.3 Å². The van der Waals surface area contributed by atoms with Crippen LogP contribution in [0.5, 0.6) is 0 Å². The number of hydrogen-bond acceptors (Lipinski definition) is 5. The van der Waals surface area contributed by atoms with Gasteiger partial charge in [0, 0.05) is 43.9 Å². The lowest BCUT2D eigenvalue weighted by Crippen LogP contribution is -2.37. The van der Waals surface area contributed by atoms with Crippen LogP contribution in [0.2, 0.25) is 0 Å². The summed E-state index contributed by atoms with van der Waals surface area (Å²) in [6.45, 7) is 3.77. The van der Waals surface area contributed by atoms with Gasteiger partial charge in [-0.2, -0.15) is 5.10 Å². The third-order valence-corrected chi connectivity index (χ3v) is 5.56. The summed E-state index contributed by atoms with van der Waals surface area (Å²) < 4.78 is 6.78. The Morgan fingerprint density at radius 2 is 1.86 bits per heavy atom. The van der Waals surface area contributed by atoms with E-state index in [0.717, 1.165) is 55.7 Å². The molecule has 1 saturated heterocycles. The molecule has 0 radical (unpaired) electrons. The molecular formula is C21H26N4O3. The monoisotopic (exact) mass is 382 g/mol. The molecule has 1 fully saturated rings. The smallest absolute Gasteiger partial charge is 0.319 e. The van der Waals surface area contributed by atoms with E-state index in [4.69, 9.17) is 9.84 Å². The van der Waals surface area contributed by atoms with Crippen molar-refractivity contribution in [3.05, 3.63) is 52.8 Å². The van der Waals surface area contributed by atoms with Crippen LogP contribution in [0.15, 0.2) is 30.3 Å². The Kier molecular flexibility index (Phi) is 5.43. The minimum Gasteiger partial charge on any atom is -0.468 e. The molecule has 1 amide bonds. The Labute approximate surface area is 164 Å². The van der Waals surface area contributed by atoms with E-state index in [1.54, 1.807) is 0 Å². The zero-order valence-corrected chi connectivity index (χ0v) is 16.3. The minimum absolute atomic E-state index is 0.0143. The summed E-state index contributed by atoms with van der Waals surface area (Å²) in [5, 5.41) is 4.75. The summed E-state index contributed by atoms with van der Waals surface area (Å²) in [5.41, 5.74) is 3.77. The number of hydrogen-bond donors (Lipinski definition) is 0. The van der Waals surface area contributed by atoms with Crippen LogP contribution in [-0.2, 0) is 29.0 Å². The van der Waals surface area contributed by atoms with Crippen LogP contribution < -0.4 is 0 Å². The second-order valence-electron chi connectivity index (χ2n) is 7.45. The Hall–Kier alpha value is -2.67. The number of carbonyl (C=O) groups is 2. The number of ether oxygens (including phenoxy) is 1. The molecular weight excluding hydrogens is 356 g/mol. The highest BCUT2D eigenvalue weighted by molar-refractivity contribution is 5.94. The standard InChI is InChI=1S/C21H26N4O3/c1-28-19(26)15-23-12-9-18-17(14-23)20(21(27)24-10-5-6-11-24)22-25(18)13-16-7-3-2-4-8-16/h2-4,7-8H,5-6,9-15H2,1H3. The van der Waals surface area contributed by atoms with E-state index >= 15 is 0 Å². The van der Waals surface area contributed by atoms with Crippen molar-refractivity contribution in [1.82, 2.24) is 19.6 Å². The van der Waals surface area contributed by atoms with Gasteiger partial charge in [0.2, 0.25) is 0 Å². The predicted octanol–water partition coefficient (Wildman–Crippen LogP) is 1.70. The van der Waals surface area contributed by atoms with E-state index in [-0.39, 0.29) is 18.4 Å². The molecule has 0 atom stereocenters. The third-order valence-electron chi connectivity index (χ3n) is 5.56. The Morgan fingerprint density at radius 3 is 2.57 bits per heavy atom. The number of rotatable bonds is 5. The van der Waals surface area contributed by atoms with E-state index in [0.29, 0.717) is 18.8 Å². The summed E-state index contributed by atoms with van der Waals surface area (Å²) in [6, 6.07) is 10.2. The second-order valence-corrected chi connectivity index (χ2v) is 7.45. The summed E-state index contributed by atoms with van der Waals surface area (Å²) in [4.78, 5) is 28.7. The molecule has 0 bridgehead atoms. The fraction of sp³-hybridized carbons (Fsp3) is 0.476. The minimum atomic E-state index is -0.257. The van der Waals surface area contributed by atoms with Crippen LogP contribution in [0, 0.1) is 0 Å². The van der Waals surface area contributed by atoms with Gasteiger partial charge in [-0.25, -0.2) is 0 Å². The number of fused-ring (bicyclic) bond motifs is 1. The second kappa shape index (κ2) is 8.14. The summed E-state index contributed by atoms with van der Waals surface area (Å²) in [5.74, 6) is -0.243. The van der Waals surface area contributed by atoms with Crippen molar-refractivity contribution in [2.24, 2.45) is 0 Å². The zero-order valence-electron chi connectivity index (χ0n) is 16.3. The average molecular weight is 382 g/mol. The van der Waals surface area contributed by atoms with Crippen molar-refractivity contribution >= 4 is 11.9 Å². The molecule has 4 rings (SSSR count). The summed E-state index contributed by atoms with van der Waals surface area (Å²) in [7, 11) is 1.40. The molecule has 3 heterocycles. The van der Waals surface area contributed by atoms with Crippen molar-refractivity contribution < 1.29 is 14.3 Å². The van der Waals surface area contributed by atoms with Crippen LogP contribution in [0.25, 0.3) is 0 Å². The largest absolute Gasteiger partial charge is 0.468 e. The van der Waals surface area contributed by atoms with E-state index in [2.05, 4.69) is 12.1 Å². The number of likely N-dealkylation sites (tertiary alicyclic amines) is 1. The highest BCUT2D eigenvalue weighted by atomic mass is 16.5. The third kappa shape index (κ3) is 3.80. The topological polar surface area (TPSA) is 67.7 Å². The van der Waals surface area contributed by atoms with E-state index in [9.17, 15) is 9.59 Å². The number of methoxy groups -OCH3 is 1. The highest BCUT2D eigenvalue weighted by Gasteiger charge is 2.31. The molecule has 7 heteroatoms. The number of carbonyl (C=O) groups excluding carboxylic acids is 2. The number of benzene rings is 1. The van der Waals surface area contributed by atoms with Crippen molar-refractivity contribution in [3.63, 3.8) is 0 Å². The first kappa shape index (κ1) is 18.7. The molecule has 2 aromatic rings. The van der Waals surface area contributed by atoms with Gasteiger partial charge in [0.05, 0.1) is 20.2 Å². The first-order valence-corrected chi connectivity index (χ1v) is 9.86. The first-order chi connectivity index (χ1) is 13.7. The lowest BCUT2D eigenvalue weighted by Gasteiger charge is -2.27. The SMILES string of the molecule is COC(=O)CN1CCc2c(c(C(=O)N3CCCC3)nn2Cc2ccccc2)C1. The zero-order chi connectivity index (χ0) is 19.5. The van der Waals surface area contributed by atoms with Gasteiger partial charge in [-0.05, 0) is 18.4 Å². The van der Waals surface area contributed by atoms with Gasteiger partial charge in [0.15, 0.2) is 5.69 Å². The van der Waals surface area contributed by atoms with Crippen LogP contribution in [-0.4, -0.2) is 64.7 Å². The molecule has 2 aliphatic rings. The molecule has 1 aromatic heterocycles. The Balaban J connectivity index is 1.65. The molecule has 28 heavy (non-hydrogen) atoms. The average Bonchev–Trinajstić information content (AvgIpc) is 3.37. The molecule has 0 aliphatic carbocycles. The molecule has 0 N–H and O–H groups in total. The van der Waals surface area contributed by atoms with Crippen molar-refractivity contribution in [3.8, 4) is 0 Å². The molecule has 148 valence electrons. The van der Waals surface area contributed by atoms with E-state index in [1.165, 1.54) is 7.11 Å². The molecule has 0 saturated carbocycles. The molecule has 1 aromatic carbocycles. The van der Waals surface area contributed by atoms with Gasteiger partial charge in [-0.15, -0.1) is 0 Å². The maximum atomic E-state index is 13.1. The fourth-order valence-electron chi connectivity index (χ4n) is 4.06. The van der Waals surface area contributed by atoms with Crippen molar-refractivity contribution in [1.29, 1.82) is 0 Å². The number of amides is 1. The lowest BCUT2D eigenvalue weighted by molar-refractivity contribution is -0.142. The molecule has 0 unspecified atom stereocenters. The van der Waals surface area contributed by atoms with Crippen LogP contribution in [0.4, 0.5) is 0 Å². The van der Waals surface area contributed by atoms with Crippen molar-refractivity contribution in [2.45, 2.75) is 32.4 Å². The van der Waals surface area contributed by atoms with Gasteiger partial charge in [-0.3, -0.25) is 19.2 Å². The predicted molar refractivity (Wildman–Crippen MR) is 104 cm³/mol. The molecule has 7 nitrogen and oxygen atoms in total. The maximum absolute atomic E-state index is 13.1. The lowest BCUT2D eigenvalue weighted by atomic mass is 10.0. The Morgan fingerprint density at radius 1 is 1.11 bits per heavy atom. The van der Waals surface area contributed by atoms with Crippen LogP contribution in [0.3, 0.4) is 0 Å². The molecule has 2 aliphatic heterocycles. The quantitative estimate of drug-likeness (QED) is 0.737. The van der Waals surface area contributed by atoms with E-state index in [1.807, 2.05) is 32.7 Å². The normalized spacial score (nSPS) is 16.8. The Bertz CT molecular complexity index is 856. The number of aromatic nitrogens is 2.